The SMILES string of the molecule is CN(Cc1ccc(Cl)cc1)C(CN)c1cc(Cl)ccc1Br. The van der Waals surface area contributed by atoms with Gasteiger partial charge >= 0.3 is 0 Å². The average molecular weight is 388 g/mol. The predicted molar refractivity (Wildman–Crippen MR) is 93.9 cm³/mol. The smallest absolute Gasteiger partial charge is 0.0482 e. The summed E-state index contributed by atoms with van der Waals surface area (Å²) >= 11 is 15.6. The molecule has 0 aliphatic carbocycles. The normalized spacial score (nSPS) is 12.7. The zero-order valence-electron chi connectivity index (χ0n) is 11.7. The van der Waals surface area contributed by atoms with Gasteiger partial charge in [-0.25, -0.2) is 0 Å². The van der Waals surface area contributed by atoms with Crippen molar-refractivity contribution in [2.75, 3.05) is 13.6 Å². The lowest BCUT2D eigenvalue weighted by molar-refractivity contribution is 0.241. The number of hydrogen-bond donors (Lipinski definition) is 1. The second-order valence-corrected chi connectivity index (χ2v) is 6.69. The lowest BCUT2D eigenvalue weighted by Gasteiger charge is -2.28. The summed E-state index contributed by atoms with van der Waals surface area (Å²) in [7, 11) is 2.06. The molecular formula is C16H17BrCl2N2. The van der Waals surface area contributed by atoms with E-state index in [4.69, 9.17) is 28.9 Å². The van der Waals surface area contributed by atoms with Gasteiger partial charge in [0, 0.05) is 33.6 Å². The third-order valence-corrected chi connectivity index (χ3v) is 4.63. The molecule has 21 heavy (non-hydrogen) atoms. The van der Waals surface area contributed by atoms with E-state index in [1.165, 1.54) is 5.56 Å². The van der Waals surface area contributed by atoms with Crippen molar-refractivity contribution in [3.05, 3.63) is 68.1 Å². The Hall–Kier alpha value is -0.580. The summed E-state index contributed by atoms with van der Waals surface area (Å²) in [5.41, 5.74) is 8.27. The van der Waals surface area contributed by atoms with Crippen molar-refractivity contribution in [3.8, 4) is 0 Å². The fourth-order valence-corrected chi connectivity index (χ4v) is 3.12. The molecule has 0 aromatic heterocycles. The Morgan fingerprint density at radius 2 is 1.71 bits per heavy atom. The molecule has 2 aromatic carbocycles. The van der Waals surface area contributed by atoms with E-state index in [2.05, 4.69) is 27.9 Å². The van der Waals surface area contributed by atoms with Crippen LogP contribution in [0, 0.1) is 0 Å². The summed E-state index contributed by atoms with van der Waals surface area (Å²) in [4.78, 5) is 2.21. The van der Waals surface area contributed by atoms with Gasteiger partial charge in [-0.2, -0.15) is 0 Å². The van der Waals surface area contributed by atoms with Gasteiger partial charge in [-0.1, -0.05) is 51.3 Å². The average Bonchev–Trinajstić information content (AvgIpc) is 2.46. The van der Waals surface area contributed by atoms with Crippen LogP contribution in [-0.2, 0) is 6.54 Å². The van der Waals surface area contributed by atoms with Crippen LogP contribution < -0.4 is 5.73 Å². The third-order valence-electron chi connectivity index (χ3n) is 3.42. The van der Waals surface area contributed by atoms with Crippen molar-refractivity contribution < 1.29 is 0 Å². The Bertz CT molecular complexity index is 602. The minimum atomic E-state index is 0.0914. The minimum Gasteiger partial charge on any atom is -0.329 e. The molecule has 0 saturated carbocycles. The van der Waals surface area contributed by atoms with Crippen molar-refractivity contribution in [2.45, 2.75) is 12.6 Å². The number of rotatable bonds is 5. The molecule has 0 amide bonds. The van der Waals surface area contributed by atoms with Gasteiger partial charge in [-0.05, 0) is 48.5 Å². The van der Waals surface area contributed by atoms with Gasteiger partial charge < -0.3 is 5.73 Å². The molecule has 1 atom stereocenters. The summed E-state index contributed by atoms with van der Waals surface area (Å²) in [5.74, 6) is 0. The van der Waals surface area contributed by atoms with Gasteiger partial charge in [0.1, 0.15) is 0 Å². The monoisotopic (exact) mass is 386 g/mol. The Kier molecular flexibility index (Phi) is 6.08. The predicted octanol–water partition coefficient (Wildman–Crippen LogP) is 4.89. The van der Waals surface area contributed by atoms with E-state index < -0.39 is 0 Å². The molecule has 0 aliphatic rings. The van der Waals surface area contributed by atoms with Gasteiger partial charge in [-0.3, -0.25) is 4.90 Å². The maximum absolute atomic E-state index is 6.11. The Morgan fingerprint density at radius 1 is 1.10 bits per heavy atom. The van der Waals surface area contributed by atoms with Crippen LogP contribution in [0.2, 0.25) is 10.0 Å². The second-order valence-electron chi connectivity index (χ2n) is 4.96. The van der Waals surface area contributed by atoms with Gasteiger partial charge in [0.2, 0.25) is 0 Å². The first kappa shape index (κ1) is 16.8. The van der Waals surface area contributed by atoms with E-state index in [0.717, 1.165) is 21.6 Å². The van der Waals surface area contributed by atoms with Gasteiger partial charge in [-0.15, -0.1) is 0 Å². The van der Waals surface area contributed by atoms with Gasteiger partial charge in [0.05, 0.1) is 0 Å². The zero-order chi connectivity index (χ0) is 15.4. The molecule has 0 aliphatic heterocycles. The Balaban J connectivity index is 2.20. The summed E-state index contributed by atoms with van der Waals surface area (Å²) in [6.45, 7) is 1.31. The maximum Gasteiger partial charge on any atom is 0.0482 e. The van der Waals surface area contributed by atoms with E-state index in [1.54, 1.807) is 0 Å². The summed E-state index contributed by atoms with van der Waals surface area (Å²) in [5, 5.41) is 1.46. The summed E-state index contributed by atoms with van der Waals surface area (Å²) < 4.78 is 1.02. The van der Waals surface area contributed by atoms with Crippen LogP contribution in [0.1, 0.15) is 17.2 Å². The van der Waals surface area contributed by atoms with E-state index in [9.17, 15) is 0 Å². The second kappa shape index (κ2) is 7.61. The molecule has 2 aromatic rings. The number of nitrogens with two attached hydrogens (primary N) is 1. The first-order valence-corrected chi connectivity index (χ1v) is 8.16. The molecule has 112 valence electrons. The first-order chi connectivity index (χ1) is 10.0. The fourth-order valence-electron chi connectivity index (χ4n) is 2.30. The molecule has 1 unspecified atom stereocenters. The Labute approximate surface area is 144 Å². The molecule has 0 saturated heterocycles. The molecule has 2 nitrogen and oxygen atoms in total. The molecule has 0 radical (unpaired) electrons. The molecule has 0 bridgehead atoms. The number of hydrogen-bond acceptors (Lipinski definition) is 2. The maximum atomic E-state index is 6.11. The number of halogens is 3. The summed E-state index contributed by atoms with van der Waals surface area (Å²) in [6.07, 6.45) is 0. The molecule has 5 heteroatoms. The lowest BCUT2D eigenvalue weighted by Crippen LogP contribution is -2.30. The van der Waals surface area contributed by atoms with Crippen LogP contribution in [0.25, 0.3) is 0 Å². The van der Waals surface area contributed by atoms with Gasteiger partial charge in [0.15, 0.2) is 0 Å². The topological polar surface area (TPSA) is 29.3 Å². The standard InChI is InChI=1S/C16H17BrCl2N2/c1-21(10-11-2-4-12(18)5-3-11)16(9-20)14-8-13(19)6-7-15(14)17/h2-8,16H,9-10,20H2,1H3. The largest absolute Gasteiger partial charge is 0.329 e. The molecular weight excluding hydrogens is 371 g/mol. The van der Waals surface area contributed by atoms with Crippen LogP contribution in [0.5, 0.6) is 0 Å². The molecule has 2 N–H and O–H groups in total. The van der Waals surface area contributed by atoms with Crippen LogP contribution >= 0.6 is 39.1 Å². The lowest BCUT2D eigenvalue weighted by atomic mass is 10.0. The highest BCUT2D eigenvalue weighted by atomic mass is 79.9. The first-order valence-electron chi connectivity index (χ1n) is 6.61. The van der Waals surface area contributed by atoms with Crippen molar-refractivity contribution >= 4 is 39.1 Å². The van der Waals surface area contributed by atoms with Crippen molar-refractivity contribution in [2.24, 2.45) is 5.73 Å². The molecule has 0 fully saturated rings. The van der Waals surface area contributed by atoms with E-state index in [1.807, 2.05) is 42.5 Å². The van der Waals surface area contributed by atoms with Crippen LogP contribution in [-0.4, -0.2) is 18.5 Å². The molecule has 0 heterocycles. The highest BCUT2D eigenvalue weighted by Crippen LogP contribution is 2.30. The molecule has 2 rings (SSSR count). The Morgan fingerprint density at radius 3 is 2.33 bits per heavy atom. The van der Waals surface area contributed by atoms with Gasteiger partial charge in [0.25, 0.3) is 0 Å². The van der Waals surface area contributed by atoms with Crippen molar-refractivity contribution in [1.82, 2.24) is 4.90 Å². The van der Waals surface area contributed by atoms with Crippen LogP contribution in [0.3, 0.4) is 0 Å². The van der Waals surface area contributed by atoms with Crippen LogP contribution in [0.15, 0.2) is 46.9 Å². The number of benzene rings is 2. The van der Waals surface area contributed by atoms with E-state index in [0.29, 0.717) is 11.6 Å². The van der Waals surface area contributed by atoms with Crippen LogP contribution in [0.4, 0.5) is 0 Å². The number of likely N-dealkylation sites (N-methyl/N-ethyl adjacent to an activating group) is 1. The molecule has 0 spiro atoms. The highest BCUT2D eigenvalue weighted by molar-refractivity contribution is 9.10. The summed E-state index contributed by atoms with van der Waals surface area (Å²) in [6, 6.07) is 13.7. The number of nitrogens with zero attached hydrogens (tertiary/aromatic N) is 1. The van der Waals surface area contributed by atoms with Crippen molar-refractivity contribution in [3.63, 3.8) is 0 Å². The third kappa shape index (κ3) is 4.44. The minimum absolute atomic E-state index is 0.0914. The van der Waals surface area contributed by atoms with E-state index >= 15 is 0 Å². The van der Waals surface area contributed by atoms with E-state index in [-0.39, 0.29) is 6.04 Å². The van der Waals surface area contributed by atoms with Crippen molar-refractivity contribution in [1.29, 1.82) is 0 Å². The zero-order valence-corrected chi connectivity index (χ0v) is 14.8. The highest BCUT2D eigenvalue weighted by Gasteiger charge is 2.18. The fraction of sp³-hybridized carbons (Fsp3) is 0.250. The quantitative estimate of drug-likeness (QED) is 0.791.